The van der Waals surface area contributed by atoms with Gasteiger partial charge in [-0.25, -0.2) is 0 Å². The van der Waals surface area contributed by atoms with Crippen molar-refractivity contribution in [3.63, 3.8) is 0 Å². The van der Waals surface area contributed by atoms with Gasteiger partial charge < -0.3 is 15.5 Å². The van der Waals surface area contributed by atoms with Crippen molar-refractivity contribution in [3.8, 4) is 0 Å². The fourth-order valence-corrected chi connectivity index (χ4v) is 2.32. The minimum Gasteiger partial charge on any atom is -0.355 e. The molecule has 0 saturated carbocycles. The molecule has 0 aromatic heterocycles. The number of amides is 3. The van der Waals surface area contributed by atoms with Gasteiger partial charge in [-0.2, -0.15) is 0 Å². The molecule has 0 bridgehead atoms. The van der Waals surface area contributed by atoms with Gasteiger partial charge in [-0.1, -0.05) is 12.1 Å². The Morgan fingerprint density at radius 2 is 2.00 bits per heavy atom. The van der Waals surface area contributed by atoms with Crippen LogP contribution in [0.5, 0.6) is 0 Å². The number of benzene rings is 1. The van der Waals surface area contributed by atoms with Gasteiger partial charge in [-0.15, -0.1) is 0 Å². The summed E-state index contributed by atoms with van der Waals surface area (Å²) in [5.74, 6) is -0.559. The van der Waals surface area contributed by atoms with Crippen LogP contribution in [0.4, 0.5) is 5.69 Å². The molecule has 2 N–H and O–H groups in total. The first-order chi connectivity index (χ1) is 10.1. The number of carbonyl (C=O) groups excluding carboxylic acids is 3. The summed E-state index contributed by atoms with van der Waals surface area (Å²) in [4.78, 5) is 37.0. The minimum atomic E-state index is -0.350. The standard InChI is InChI=1S/C15H19N3O3/c1-2-16-13(19)10-17-15(21)11-6-3-4-7-12(11)18-9-5-8-14(18)20/h3-4,6-7H,2,5,8-10H2,1H3,(H,16,19)(H,17,21). The summed E-state index contributed by atoms with van der Waals surface area (Å²) in [7, 11) is 0. The Morgan fingerprint density at radius 1 is 1.24 bits per heavy atom. The zero-order chi connectivity index (χ0) is 15.2. The Labute approximate surface area is 123 Å². The largest absolute Gasteiger partial charge is 0.355 e. The van der Waals surface area contributed by atoms with Crippen LogP contribution in [0.2, 0.25) is 0 Å². The molecule has 2 rings (SSSR count). The van der Waals surface area contributed by atoms with Crippen molar-refractivity contribution < 1.29 is 14.4 Å². The van der Waals surface area contributed by atoms with Gasteiger partial charge in [0.1, 0.15) is 0 Å². The number of hydrogen-bond donors (Lipinski definition) is 2. The predicted octanol–water partition coefficient (Wildman–Crippen LogP) is 0.679. The van der Waals surface area contributed by atoms with E-state index in [1.807, 2.05) is 6.92 Å². The summed E-state index contributed by atoms with van der Waals surface area (Å²) in [6, 6.07) is 6.95. The third kappa shape index (κ3) is 3.59. The van der Waals surface area contributed by atoms with Crippen LogP contribution in [-0.2, 0) is 9.59 Å². The van der Waals surface area contributed by atoms with Crippen LogP contribution in [0.3, 0.4) is 0 Å². The number of rotatable bonds is 5. The highest BCUT2D eigenvalue weighted by atomic mass is 16.2. The Morgan fingerprint density at radius 3 is 2.67 bits per heavy atom. The second kappa shape index (κ2) is 6.88. The summed E-state index contributed by atoms with van der Waals surface area (Å²) in [5, 5.41) is 5.18. The number of anilines is 1. The quantitative estimate of drug-likeness (QED) is 0.836. The van der Waals surface area contributed by atoms with Gasteiger partial charge in [0.15, 0.2) is 0 Å². The molecule has 0 radical (unpaired) electrons. The molecular weight excluding hydrogens is 270 g/mol. The zero-order valence-electron chi connectivity index (χ0n) is 12.0. The van der Waals surface area contributed by atoms with Crippen LogP contribution < -0.4 is 15.5 Å². The first-order valence-corrected chi connectivity index (χ1v) is 7.07. The van der Waals surface area contributed by atoms with Gasteiger partial charge in [-0.3, -0.25) is 14.4 Å². The normalized spacial score (nSPS) is 14.1. The Kier molecular flexibility index (Phi) is 4.92. The van der Waals surface area contributed by atoms with E-state index in [-0.39, 0.29) is 24.3 Å². The van der Waals surface area contributed by atoms with Crippen molar-refractivity contribution in [1.82, 2.24) is 10.6 Å². The highest BCUT2D eigenvalue weighted by molar-refractivity contribution is 6.06. The molecule has 0 spiro atoms. The number of para-hydroxylation sites is 1. The van der Waals surface area contributed by atoms with Crippen molar-refractivity contribution in [2.45, 2.75) is 19.8 Å². The molecule has 0 atom stereocenters. The van der Waals surface area contributed by atoms with Crippen LogP contribution in [0, 0.1) is 0 Å². The summed E-state index contributed by atoms with van der Waals surface area (Å²) in [5.41, 5.74) is 1.02. The molecule has 1 aromatic carbocycles. The molecule has 1 aromatic rings. The fraction of sp³-hybridized carbons (Fsp3) is 0.400. The molecule has 1 aliphatic rings. The molecule has 1 fully saturated rings. The third-order valence-electron chi connectivity index (χ3n) is 3.30. The molecule has 0 aliphatic carbocycles. The molecule has 21 heavy (non-hydrogen) atoms. The second-order valence-electron chi connectivity index (χ2n) is 4.80. The molecule has 1 saturated heterocycles. The van der Waals surface area contributed by atoms with Crippen LogP contribution >= 0.6 is 0 Å². The number of hydrogen-bond acceptors (Lipinski definition) is 3. The summed E-state index contributed by atoms with van der Waals surface area (Å²) in [6.45, 7) is 2.88. The van der Waals surface area contributed by atoms with Crippen molar-refractivity contribution >= 4 is 23.4 Å². The van der Waals surface area contributed by atoms with Gasteiger partial charge in [0, 0.05) is 19.5 Å². The molecule has 6 heteroatoms. The van der Waals surface area contributed by atoms with E-state index in [4.69, 9.17) is 0 Å². The van der Waals surface area contributed by atoms with E-state index < -0.39 is 0 Å². The van der Waals surface area contributed by atoms with E-state index in [1.165, 1.54) is 0 Å². The van der Waals surface area contributed by atoms with Crippen molar-refractivity contribution in [2.24, 2.45) is 0 Å². The topological polar surface area (TPSA) is 78.5 Å². The monoisotopic (exact) mass is 289 g/mol. The van der Waals surface area contributed by atoms with Gasteiger partial charge >= 0.3 is 0 Å². The van der Waals surface area contributed by atoms with E-state index in [1.54, 1.807) is 29.2 Å². The van der Waals surface area contributed by atoms with E-state index in [0.717, 1.165) is 6.42 Å². The number of nitrogens with one attached hydrogen (secondary N) is 2. The second-order valence-corrected chi connectivity index (χ2v) is 4.80. The Bertz CT molecular complexity index is 557. The van der Waals surface area contributed by atoms with Crippen LogP contribution in [0.15, 0.2) is 24.3 Å². The lowest BCUT2D eigenvalue weighted by atomic mass is 10.1. The van der Waals surface area contributed by atoms with Crippen LogP contribution in [0.1, 0.15) is 30.1 Å². The maximum atomic E-state index is 12.2. The first kappa shape index (κ1) is 15.0. The van der Waals surface area contributed by atoms with Gasteiger partial charge in [0.2, 0.25) is 11.8 Å². The maximum absolute atomic E-state index is 12.2. The molecule has 6 nitrogen and oxygen atoms in total. The average molecular weight is 289 g/mol. The minimum absolute atomic E-state index is 0.0268. The van der Waals surface area contributed by atoms with Crippen LogP contribution in [0.25, 0.3) is 0 Å². The molecular formula is C15H19N3O3. The van der Waals surface area contributed by atoms with Gasteiger partial charge in [0.05, 0.1) is 17.8 Å². The van der Waals surface area contributed by atoms with Gasteiger partial charge in [0.25, 0.3) is 5.91 Å². The van der Waals surface area contributed by atoms with Gasteiger partial charge in [-0.05, 0) is 25.5 Å². The summed E-state index contributed by atoms with van der Waals surface area (Å²) in [6.07, 6.45) is 1.31. The van der Waals surface area contributed by atoms with E-state index in [9.17, 15) is 14.4 Å². The lowest BCUT2D eigenvalue weighted by Crippen LogP contribution is -2.37. The predicted molar refractivity (Wildman–Crippen MR) is 79.0 cm³/mol. The van der Waals surface area contributed by atoms with Crippen molar-refractivity contribution in [1.29, 1.82) is 0 Å². The molecule has 3 amide bonds. The van der Waals surface area contributed by atoms with Crippen molar-refractivity contribution in [3.05, 3.63) is 29.8 Å². The Balaban J connectivity index is 2.10. The lowest BCUT2D eigenvalue weighted by Gasteiger charge is -2.19. The third-order valence-corrected chi connectivity index (χ3v) is 3.30. The zero-order valence-corrected chi connectivity index (χ0v) is 12.0. The lowest BCUT2D eigenvalue weighted by molar-refractivity contribution is -0.120. The Hall–Kier alpha value is -2.37. The first-order valence-electron chi connectivity index (χ1n) is 7.07. The summed E-state index contributed by atoms with van der Waals surface area (Å²) >= 11 is 0. The molecule has 0 unspecified atom stereocenters. The molecule has 1 aliphatic heterocycles. The number of carbonyl (C=O) groups is 3. The highest BCUT2D eigenvalue weighted by Gasteiger charge is 2.25. The fourth-order valence-electron chi connectivity index (χ4n) is 2.32. The molecule has 112 valence electrons. The molecule has 1 heterocycles. The van der Waals surface area contributed by atoms with Crippen molar-refractivity contribution in [2.75, 3.05) is 24.5 Å². The summed E-state index contributed by atoms with van der Waals surface area (Å²) < 4.78 is 0. The van der Waals surface area contributed by atoms with E-state index in [0.29, 0.717) is 30.8 Å². The van der Waals surface area contributed by atoms with E-state index in [2.05, 4.69) is 10.6 Å². The number of likely N-dealkylation sites (N-methyl/N-ethyl adjacent to an activating group) is 1. The van der Waals surface area contributed by atoms with E-state index >= 15 is 0 Å². The van der Waals surface area contributed by atoms with Crippen LogP contribution in [-0.4, -0.2) is 37.4 Å². The highest BCUT2D eigenvalue weighted by Crippen LogP contribution is 2.25. The SMILES string of the molecule is CCNC(=O)CNC(=O)c1ccccc1N1CCCC1=O. The average Bonchev–Trinajstić information content (AvgIpc) is 2.91. The maximum Gasteiger partial charge on any atom is 0.253 e. The number of nitrogens with zero attached hydrogens (tertiary/aromatic N) is 1. The smallest absolute Gasteiger partial charge is 0.253 e.